The number of fused-ring (bicyclic) bond motifs is 1. The summed E-state index contributed by atoms with van der Waals surface area (Å²) in [6.45, 7) is 5.50. The first-order chi connectivity index (χ1) is 9.61. The van der Waals surface area contributed by atoms with Crippen LogP contribution in [0.1, 0.15) is 18.1 Å². The maximum atomic E-state index is 9.76. The first-order valence-corrected chi connectivity index (χ1v) is 7.21. The molecule has 3 nitrogen and oxygen atoms in total. The number of aromatic nitrogens is 1. The molecule has 2 atom stereocenters. The zero-order chi connectivity index (χ0) is 14.3. The molecular weight excluding hydrogens is 248 g/mol. The van der Waals surface area contributed by atoms with E-state index in [1.54, 1.807) is 0 Å². The van der Waals surface area contributed by atoms with Crippen molar-refractivity contribution in [3.63, 3.8) is 0 Å². The van der Waals surface area contributed by atoms with Crippen LogP contribution in [-0.4, -0.2) is 41.2 Å². The zero-order valence-corrected chi connectivity index (χ0v) is 12.4. The minimum Gasteiger partial charge on any atom is -0.394 e. The maximum Gasteiger partial charge on any atom is 0.0628 e. The summed E-state index contributed by atoms with van der Waals surface area (Å²) < 4.78 is 0. The van der Waals surface area contributed by atoms with E-state index in [0.717, 1.165) is 6.54 Å². The first kappa shape index (κ1) is 13.4. The van der Waals surface area contributed by atoms with Gasteiger partial charge in [-0.15, -0.1) is 0 Å². The lowest BCUT2D eigenvalue weighted by Gasteiger charge is -2.35. The van der Waals surface area contributed by atoms with Crippen molar-refractivity contribution in [3.05, 3.63) is 41.6 Å². The fourth-order valence-electron chi connectivity index (χ4n) is 3.33. The molecule has 3 rings (SSSR count). The van der Waals surface area contributed by atoms with Crippen LogP contribution < -0.4 is 0 Å². The fraction of sp³-hybridized carbons (Fsp3) is 0.412. The number of aryl methyl sites for hydroxylation is 1. The number of rotatable bonds is 2. The number of hydrogen-bond acceptors (Lipinski definition) is 2. The van der Waals surface area contributed by atoms with Crippen LogP contribution >= 0.6 is 0 Å². The van der Waals surface area contributed by atoms with Gasteiger partial charge in [0.15, 0.2) is 0 Å². The van der Waals surface area contributed by atoms with Crippen molar-refractivity contribution in [3.8, 4) is 0 Å². The van der Waals surface area contributed by atoms with Gasteiger partial charge in [0.05, 0.1) is 18.2 Å². The fourth-order valence-corrected chi connectivity index (χ4v) is 3.33. The summed E-state index contributed by atoms with van der Waals surface area (Å²) in [5, 5.41) is 11.0. The summed E-state index contributed by atoms with van der Waals surface area (Å²) >= 11 is 0. The molecule has 3 heteroatoms. The normalized spacial score (nSPS) is 24.1. The Hall–Kier alpha value is -1.58. The van der Waals surface area contributed by atoms with E-state index >= 15 is 0 Å². The Bertz CT molecular complexity index is 656. The highest BCUT2D eigenvalue weighted by atomic mass is 16.3. The van der Waals surface area contributed by atoms with Crippen LogP contribution in [-0.2, 0) is 0 Å². The Balaban J connectivity index is 2.18. The third-order valence-electron chi connectivity index (χ3n) is 4.34. The maximum absolute atomic E-state index is 9.76. The van der Waals surface area contributed by atoms with Crippen LogP contribution in [0.4, 0.5) is 0 Å². The molecule has 2 heterocycles. The van der Waals surface area contributed by atoms with Gasteiger partial charge in [0.2, 0.25) is 0 Å². The summed E-state index contributed by atoms with van der Waals surface area (Å²) in [5.74, 6) is 0.504. The van der Waals surface area contributed by atoms with E-state index in [1.807, 2.05) is 0 Å². The van der Waals surface area contributed by atoms with Gasteiger partial charge in [-0.25, -0.2) is 0 Å². The SMILES string of the molecule is Cc1c[nH]c2c(C3=C[C@@H](C)CN(C)[C@@H]3CO)cccc12. The molecule has 1 aliphatic heterocycles. The highest BCUT2D eigenvalue weighted by Crippen LogP contribution is 2.33. The standard InChI is InChI=1S/C17H22N2O/c1-11-7-15(16(10-20)19(3)9-11)14-6-4-5-13-12(2)8-18-17(13)14/h4-8,11,16,18,20H,9-10H2,1-3H3/t11-,16-/m1/s1. The van der Waals surface area contributed by atoms with Crippen molar-refractivity contribution in [2.24, 2.45) is 5.92 Å². The van der Waals surface area contributed by atoms with Gasteiger partial charge >= 0.3 is 0 Å². The van der Waals surface area contributed by atoms with Crippen molar-refractivity contribution in [1.29, 1.82) is 0 Å². The van der Waals surface area contributed by atoms with Crippen molar-refractivity contribution >= 4 is 16.5 Å². The molecule has 0 bridgehead atoms. The van der Waals surface area contributed by atoms with E-state index in [-0.39, 0.29) is 12.6 Å². The molecule has 0 fully saturated rings. The lowest BCUT2D eigenvalue weighted by Crippen LogP contribution is -2.41. The van der Waals surface area contributed by atoms with Gasteiger partial charge in [-0.05, 0) is 31.0 Å². The van der Waals surface area contributed by atoms with Gasteiger partial charge in [0.25, 0.3) is 0 Å². The monoisotopic (exact) mass is 270 g/mol. The number of para-hydroxylation sites is 1. The molecule has 0 spiro atoms. The van der Waals surface area contributed by atoms with Crippen molar-refractivity contribution in [2.75, 3.05) is 20.2 Å². The average Bonchev–Trinajstić information content (AvgIpc) is 2.80. The molecule has 0 radical (unpaired) electrons. The molecule has 106 valence electrons. The van der Waals surface area contributed by atoms with Gasteiger partial charge in [0, 0.05) is 23.7 Å². The van der Waals surface area contributed by atoms with Crippen LogP contribution in [0.2, 0.25) is 0 Å². The average molecular weight is 270 g/mol. The van der Waals surface area contributed by atoms with Crippen LogP contribution in [0.25, 0.3) is 16.5 Å². The van der Waals surface area contributed by atoms with E-state index in [1.165, 1.54) is 27.6 Å². The zero-order valence-electron chi connectivity index (χ0n) is 12.4. The van der Waals surface area contributed by atoms with Gasteiger partial charge < -0.3 is 10.1 Å². The largest absolute Gasteiger partial charge is 0.394 e. The molecule has 1 aromatic heterocycles. The molecule has 2 aromatic rings. The predicted molar refractivity (Wildman–Crippen MR) is 83.7 cm³/mol. The minimum atomic E-state index is 0.0837. The molecule has 20 heavy (non-hydrogen) atoms. The van der Waals surface area contributed by atoms with Crippen LogP contribution in [0.5, 0.6) is 0 Å². The minimum absolute atomic E-state index is 0.0837. The Morgan fingerprint density at radius 3 is 2.95 bits per heavy atom. The second kappa shape index (κ2) is 5.08. The van der Waals surface area contributed by atoms with E-state index in [4.69, 9.17) is 0 Å². The summed E-state index contributed by atoms with van der Waals surface area (Å²) in [6, 6.07) is 6.49. The Morgan fingerprint density at radius 2 is 2.20 bits per heavy atom. The summed E-state index contributed by atoms with van der Waals surface area (Å²) in [6.07, 6.45) is 4.37. The first-order valence-electron chi connectivity index (χ1n) is 7.21. The predicted octanol–water partition coefficient (Wildman–Crippen LogP) is 2.80. The van der Waals surface area contributed by atoms with Gasteiger partial charge in [-0.3, -0.25) is 4.90 Å². The van der Waals surface area contributed by atoms with Crippen molar-refractivity contribution in [2.45, 2.75) is 19.9 Å². The van der Waals surface area contributed by atoms with Crippen LogP contribution in [0.3, 0.4) is 0 Å². The Labute approximate surface area is 119 Å². The number of likely N-dealkylation sites (N-methyl/N-ethyl adjacent to an activating group) is 1. The molecule has 2 N–H and O–H groups in total. The van der Waals surface area contributed by atoms with Crippen LogP contribution in [0.15, 0.2) is 30.5 Å². The number of nitrogens with zero attached hydrogens (tertiary/aromatic N) is 1. The molecule has 0 unspecified atom stereocenters. The lowest BCUT2D eigenvalue weighted by atomic mass is 9.89. The molecular formula is C17H22N2O. The van der Waals surface area contributed by atoms with E-state index in [2.05, 4.69) is 61.3 Å². The number of nitrogens with one attached hydrogen (secondary N) is 1. The Morgan fingerprint density at radius 1 is 1.40 bits per heavy atom. The summed E-state index contributed by atoms with van der Waals surface area (Å²) in [7, 11) is 2.09. The second-order valence-corrected chi connectivity index (χ2v) is 5.94. The van der Waals surface area contributed by atoms with Gasteiger partial charge in [-0.2, -0.15) is 0 Å². The quantitative estimate of drug-likeness (QED) is 0.881. The third kappa shape index (κ3) is 2.07. The molecule has 1 aromatic carbocycles. The van der Waals surface area contributed by atoms with E-state index in [0.29, 0.717) is 5.92 Å². The molecule has 0 amide bonds. The molecule has 0 aliphatic carbocycles. The molecule has 1 aliphatic rings. The van der Waals surface area contributed by atoms with Crippen LogP contribution in [0, 0.1) is 12.8 Å². The number of aromatic amines is 1. The van der Waals surface area contributed by atoms with Crippen molar-refractivity contribution in [1.82, 2.24) is 9.88 Å². The number of hydrogen-bond donors (Lipinski definition) is 2. The third-order valence-corrected chi connectivity index (χ3v) is 4.34. The summed E-state index contributed by atoms with van der Waals surface area (Å²) in [5.41, 5.74) is 4.90. The van der Waals surface area contributed by atoms with Crippen molar-refractivity contribution < 1.29 is 5.11 Å². The van der Waals surface area contributed by atoms with E-state index in [9.17, 15) is 5.11 Å². The van der Waals surface area contributed by atoms with Gasteiger partial charge in [-0.1, -0.05) is 31.2 Å². The smallest absolute Gasteiger partial charge is 0.0628 e. The summed E-state index contributed by atoms with van der Waals surface area (Å²) in [4.78, 5) is 5.63. The number of H-pyrrole nitrogens is 1. The molecule has 0 saturated carbocycles. The lowest BCUT2D eigenvalue weighted by molar-refractivity contribution is 0.167. The Kier molecular flexibility index (Phi) is 3.40. The molecule has 0 saturated heterocycles. The highest BCUT2D eigenvalue weighted by molar-refractivity contribution is 5.94. The highest BCUT2D eigenvalue weighted by Gasteiger charge is 2.27. The second-order valence-electron chi connectivity index (χ2n) is 5.94. The topological polar surface area (TPSA) is 39.3 Å². The van der Waals surface area contributed by atoms with E-state index < -0.39 is 0 Å². The number of aliphatic hydroxyl groups excluding tert-OH is 1. The number of benzene rings is 1. The van der Waals surface area contributed by atoms with Gasteiger partial charge in [0.1, 0.15) is 0 Å². The number of aliphatic hydroxyl groups is 1.